The summed E-state index contributed by atoms with van der Waals surface area (Å²) in [7, 11) is 0. The van der Waals surface area contributed by atoms with Gasteiger partial charge < -0.3 is 15.3 Å². The summed E-state index contributed by atoms with van der Waals surface area (Å²) >= 11 is 0. The Labute approximate surface area is 115 Å². The molecule has 106 valence electrons. The average Bonchev–Trinajstić information content (AvgIpc) is 2.36. The molecule has 3 N–H and O–H groups in total. The molecule has 0 bridgehead atoms. The summed E-state index contributed by atoms with van der Waals surface area (Å²) in [5, 5.41) is 26.4. The van der Waals surface area contributed by atoms with Gasteiger partial charge in [0.05, 0.1) is 12.8 Å². The Hall–Kier alpha value is -2.63. The van der Waals surface area contributed by atoms with E-state index in [9.17, 15) is 14.4 Å². The third kappa shape index (κ3) is 5.34. The number of carbonyl (C=O) groups excluding carboxylic acids is 1. The molecule has 0 aromatic heterocycles. The van der Waals surface area contributed by atoms with Gasteiger partial charge >= 0.3 is 11.9 Å². The molecule has 20 heavy (non-hydrogen) atoms. The van der Waals surface area contributed by atoms with Crippen LogP contribution in [0.15, 0.2) is 30.3 Å². The number of allylic oxidation sites excluding steroid dienone is 1. The van der Waals surface area contributed by atoms with Crippen molar-refractivity contribution in [1.82, 2.24) is 0 Å². The van der Waals surface area contributed by atoms with Crippen molar-refractivity contribution in [1.29, 1.82) is 0 Å². The van der Waals surface area contributed by atoms with E-state index in [4.69, 9.17) is 15.3 Å². The Morgan fingerprint density at radius 3 is 1.95 bits per heavy atom. The molecule has 1 aromatic carbocycles. The summed E-state index contributed by atoms with van der Waals surface area (Å²) in [6.45, 7) is 0. The van der Waals surface area contributed by atoms with Gasteiger partial charge in [-0.3, -0.25) is 14.4 Å². The molecular weight excluding hydrogens is 264 g/mol. The van der Waals surface area contributed by atoms with Crippen molar-refractivity contribution in [3.05, 3.63) is 35.9 Å². The molecular formula is C14H14O6. The molecule has 1 aromatic rings. The lowest BCUT2D eigenvalue weighted by Gasteiger charge is -2.08. The van der Waals surface area contributed by atoms with E-state index in [1.54, 1.807) is 12.1 Å². The van der Waals surface area contributed by atoms with E-state index in [1.807, 2.05) is 0 Å². The molecule has 6 heteroatoms. The Morgan fingerprint density at radius 1 is 1.00 bits per heavy atom. The van der Waals surface area contributed by atoms with Crippen molar-refractivity contribution >= 4 is 23.8 Å². The minimum atomic E-state index is -1.22. The molecule has 0 aliphatic rings. The Balaban J connectivity index is 2.76. The minimum Gasteiger partial charge on any atom is -0.508 e. The van der Waals surface area contributed by atoms with Crippen LogP contribution in [0.25, 0.3) is 6.08 Å². The fourth-order valence-electron chi connectivity index (χ4n) is 1.59. The Kier molecular flexibility index (Phi) is 5.46. The van der Waals surface area contributed by atoms with Crippen LogP contribution in [0, 0.1) is 5.92 Å². The highest BCUT2D eigenvalue weighted by molar-refractivity contribution is 5.98. The zero-order valence-electron chi connectivity index (χ0n) is 10.5. The van der Waals surface area contributed by atoms with Gasteiger partial charge in [-0.25, -0.2) is 0 Å². The van der Waals surface area contributed by atoms with Crippen molar-refractivity contribution in [2.45, 2.75) is 12.8 Å². The number of aliphatic carboxylic acids is 2. The molecule has 0 heterocycles. The topological polar surface area (TPSA) is 112 Å². The molecule has 0 aliphatic heterocycles. The molecule has 0 unspecified atom stereocenters. The summed E-state index contributed by atoms with van der Waals surface area (Å²) in [5.41, 5.74) is 0.639. The quantitative estimate of drug-likeness (QED) is 0.652. The number of carbonyl (C=O) groups is 3. The van der Waals surface area contributed by atoms with Crippen LogP contribution >= 0.6 is 0 Å². The van der Waals surface area contributed by atoms with Gasteiger partial charge in [0, 0.05) is 5.92 Å². The predicted octanol–water partition coefficient (Wildman–Crippen LogP) is 1.54. The fourth-order valence-corrected chi connectivity index (χ4v) is 1.59. The lowest BCUT2D eigenvalue weighted by atomic mass is 9.95. The smallest absolute Gasteiger partial charge is 0.304 e. The highest BCUT2D eigenvalue weighted by Crippen LogP contribution is 2.14. The summed E-state index contributed by atoms with van der Waals surface area (Å²) in [5.74, 6) is -3.99. The van der Waals surface area contributed by atoms with Crippen LogP contribution < -0.4 is 0 Å². The highest BCUT2D eigenvalue weighted by Gasteiger charge is 2.22. The lowest BCUT2D eigenvalue weighted by molar-refractivity contribution is -0.143. The monoisotopic (exact) mass is 278 g/mol. The number of ketones is 1. The lowest BCUT2D eigenvalue weighted by Crippen LogP contribution is -2.20. The van der Waals surface area contributed by atoms with Gasteiger partial charge in [0.25, 0.3) is 0 Å². The van der Waals surface area contributed by atoms with Crippen LogP contribution in [-0.4, -0.2) is 33.0 Å². The summed E-state index contributed by atoms with van der Waals surface area (Å²) in [6, 6.07) is 6.03. The average molecular weight is 278 g/mol. The number of aromatic hydroxyl groups is 1. The van der Waals surface area contributed by atoms with Crippen molar-refractivity contribution in [3.8, 4) is 5.75 Å². The van der Waals surface area contributed by atoms with E-state index in [-0.39, 0.29) is 5.75 Å². The number of carboxylic acid groups (broad SMARTS) is 2. The number of hydrogen-bond donors (Lipinski definition) is 3. The number of rotatable bonds is 7. The largest absolute Gasteiger partial charge is 0.508 e. The van der Waals surface area contributed by atoms with Gasteiger partial charge in [-0.15, -0.1) is 0 Å². The van der Waals surface area contributed by atoms with Crippen molar-refractivity contribution in [2.75, 3.05) is 0 Å². The van der Waals surface area contributed by atoms with E-state index in [0.29, 0.717) is 5.56 Å². The second-order valence-corrected chi connectivity index (χ2v) is 4.22. The van der Waals surface area contributed by atoms with Crippen molar-refractivity contribution in [3.63, 3.8) is 0 Å². The molecule has 6 nitrogen and oxygen atoms in total. The maximum Gasteiger partial charge on any atom is 0.304 e. The van der Waals surface area contributed by atoms with Gasteiger partial charge in [0.15, 0.2) is 5.78 Å². The fraction of sp³-hybridized carbons (Fsp3) is 0.214. The molecule has 0 aliphatic carbocycles. The van der Waals surface area contributed by atoms with E-state index in [0.717, 1.165) is 6.08 Å². The zero-order valence-corrected chi connectivity index (χ0v) is 10.5. The van der Waals surface area contributed by atoms with E-state index in [1.165, 1.54) is 18.2 Å². The summed E-state index contributed by atoms with van der Waals surface area (Å²) in [4.78, 5) is 33.0. The van der Waals surface area contributed by atoms with Gasteiger partial charge in [0.2, 0.25) is 0 Å². The maximum absolute atomic E-state index is 11.8. The molecule has 0 atom stereocenters. The van der Waals surface area contributed by atoms with E-state index >= 15 is 0 Å². The van der Waals surface area contributed by atoms with Crippen LogP contribution in [0.2, 0.25) is 0 Å². The van der Waals surface area contributed by atoms with E-state index < -0.39 is 36.5 Å². The first-order valence-electron chi connectivity index (χ1n) is 5.83. The Morgan fingerprint density at radius 2 is 1.50 bits per heavy atom. The molecule has 0 saturated carbocycles. The second kappa shape index (κ2) is 7.08. The normalized spacial score (nSPS) is 10.8. The molecule has 0 radical (unpaired) electrons. The predicted molar refractivity (Wildman–Crippen MR) is 70.1 cm³/mol. The third-order valence-corrected chi connectivity index (χ3v) is 2.58. The van der Waals surface area contributed by atoms with Crippen LogP contribution in [0.3, 0.4) is 0 Å². The van der Waals surface area contributed by atoms with Crippen LogP contribution in [0.5, 0.6) is 5.75 Å². The third-order valence-electron chi connectivity index (χ3n) is 2.58. The van der Waals surface area contributed by atoms with Gasteiger partial charge in [-0.1, -0.05) is 18.2 Å². The van der Waals surface area contributed by atoms with Gasteiger partial charge in [-0.05, 0) is 23.8 Å². The molecule has 0 saturated heterocycles. The van der Waals surface area contributed by atoms with Gasteiger partial charge in [-0.2, -0.15) is 0 Å². The first kappa shape index (κ1) is 15.4. The van der Waals surface area contributed by atoms with Crippen LogP contribution in [-0.2, 0) is 14.4 Å². The zero-order chi connectivity index (χ0) is 15.1. The first-order valence-corrected chi connectivity index (χ1v) is 5.83. The number of phenols is 1. The maximum atomic E-state index is 11.8. The van der Waals surface area contributed by atoms with E-state index in [2.05, 4.69) is 0 Å². The first-order chi connectivity index (χ1) is 9.38. The molecule has 0 amide bonds. The standard InChI is InChI=1S/C14H14O6/c15-11-4-1-9(2-5-11)3-6-12(16)10(7-13(17)18)8-14(19)20/h1-6,10,15H,7-8H2,(H,17,18)(H,19,20)/b6-3+. The molecule has 1 rings (SSSR count). The van der Waals surface area contributed by atoms with Crippen LogP contribution in [0.1, 0.15) is 18.4 Å². The highest BCUT2D eigenvalue weighted by atomic mass is 16.4. The SMILES string of the molecule is O=C(O)CC(CC(=O)O)C(=O)/C=C/c1ccc(O)cc1. The number of carboxylic acids is 2. The van der Waals surface area contributed by atoms with Crippen molar-refractivity contribution < 1.29 is 29.7 Å². The number of phenolic OH excluding ortho intramolecular Hbond substituents is 1. The molecule has 0 spiro atoms. The second-order valence-electron chi connectivity index (χ2n) is 4.22. The Bertz CT molecular complexity index is 513. The summed E-state index contributed by atoms with van der Waals surface area (Å²) in [6.07, 6.45) is 1.55. The molecule has 0 fully saturated rings. The number of hydrogen-bond acceptors (Lipinski definition) is 4. The van der Waals surface area contributed by atoms with Crippen molar-refractivity contribution in [2.24, 2.45) is 5.92 Å². The minimum absolute atomic E-state index is 0.0862. The summed E-state index contributed by atoms with van der Waals surface area (Å²) < 4.78 is 0. The van der Waals surface area contributed by atoms with Crippen LogP contribution in [0.4, 0.5) is 0 Å². The number of benzene rings is 1. The van der Waals surface area contributed by atoms with Gasteiger partial charge in [0.1, 0.15) is 5.75 Å².